The van der Waals surface area contributed by atoms with Crippen molar-refractivity contribution in [3.8, 4) is 5.75 Å². The van der Waals surface area contributed by atoms with E-state index in [2.05, 4.69) is 4.90 Å². The van der Waals surface area contributed by atoms with Gasteiger partial charge in [-0.25, -0.2) is 4.39 Å². The Morgan fingerprint density at radius 1 is 1.15 bits per heavy atom. The lowest BCUT2D eigenvalue weighted by Crippen LogP contribution is -2.38. The van der Waals surface area contributed by atoms with Crippen LogP contribution in [0.3, 0.4) is 0 Å². The topological polar surface area (TPSA) is 32.8 Å². The molecule has 4 nitrogen and oxygen atoms in total. The molecular formula is C21H24ClFN2O2. The molecule has 2 aromatic carbocycles. The molecule has 1 aliphatic heterocycles. The van der Waals surface area contributed by atoms with Crippen molar-refractivity contribution < 1.29 is 13.9 Å². The van der Waals surface area contributed by atoms with Gasteiger partial charge in [0.2, 0.25) is 0 Å². The lowest BCUT2D eigenvalue weighted by molar-refractivity contribution is -0.133. The first-order chi connectivity index (χ1) is 13.0. The molecule has 3 rings (SSSR count). The number of hydrogen-bond acceptors (Lipinski definition) is 3. The largest absolute Gasteiger partial charge is 0.483 e. The first-order valence-electron chi connectivity index (χ1n) is 9.15. The number of rotatable bonds is 5. The summed E-state index contributed by atoms with van der Waals surface area (Å²) >= 11 is 5.94. The Balaban J connectivity index is 1.51. The van der Waals surface area contributed by atoms with E-state index in [9.17, 15) is 9.18 Å². The molecule has 0 bridgehead atoms. The smallest absolute Gasteiger partial charge is 0.260 e. The Morgan fingerprint density at radius 2 is 1.96 bits per heavy atom. The molecule has 0 atom stereocenters. The van der Waals surface area contributed by atoms with Gasteiger partial charge < -0.3 is 9.64 Å². The summed E-state index contributed by atoms with van der Waals surface area (Å²) in [6.07, 6.45) is 0.861. The van der Waals surface area contributed by atoms with Gasteiger partial charge in [0.05, 0.1) is 0 Å². The van der Waals surface area contributed by atoms with Crippen molar-refractivity contribution in [3.05, 3.63) is 64.4 Å². The summed E-state index contributed by atoms with van der Waals surface area (Å²) in [6, 6.07) is 12.2. The van der Waals surface area contributed by atoms with Crippen molar-refractivity contribution in [2.75, 3.05) is 32.8 Å². The molecule has 1 heterocycles. The standard InChI is InChI=1S/C21H24ClFN2O2/c1-16-13-18(22)7-8-20(16)27-15-21(26)25-10-4-9-24(11-12-25)14-17-5-2-3-6-19(17)23/h2-3,5-8,13H,4,9-12,14-15H2,1H3. The van der Waals surface area contributed by atoms with E-state index in [4.69, 9.17) is 16.3 Å². The molecule has 144 valence electrons. The third-order valence-electron chi connectivity index (χ3n) is 4.78. The fourth-order valence-electron chi connectivity index (χ4n) is 3.25. The Bertz CT molecular complexity index is 800. The highest BCUT2D eigenvalue weighted by Gasteiger charge is 2.20. The lowest BCUT2D eigenvalue weighted by Gasteiger charge is -2.22. The summed E-state index contributed by atoms with van der Waals surface area (Å²) in [4.78, 5) is 16.5. The molecule has 0 aromatic heterocycles. The van der Waals surface area contributed by atoms with Crippen LogP contribution in [0.2, 0.25) is 5.02 Å². The molecule has 0 N–H and O–H groups in total. The third-order valence-corrected chi connectivity index (χ3v) is 5.02. The summed E-state index contributed by atoms with van der Waals surface area (Å²) in [5.41, 5.74) is 1.60. The molecule has 0 radical (unpaired) electrons. The lowest BCUT2D eigenvalue weighted by atomic mass is 10.2. The number of ether oxygens (including phenoxy) is 1. The van der Waals surface area contributed by atoms with Gasteiger partial charge in [0, 0.05) is 43.3 Å². The Labute approximate surface area is 164 Å². The van der Waals surface area contributed by atoms with E-state index < -0.39 is 0 Å². The molecule has 6 heteroatoms. The van der Waals surface area contributed by atoms with E-state index >= 15 is 0 Å². The fourth-order valence-corrected chi connectivity index (χ4v) is 3.48. The van der Waals surface area contributed by atoms with Crippen LogP contribution in [0.1, 0.15) is 17.5 Å². The number of carbonyl (C=O) groups is 1. The Kier molecular flexibility index (Phi) is 6.69. The van der Waals surface area contributed by atoms with Crippen LogP contribution in [0.4, 0.5) is 4.39 Å². The van der Waals surface area contributed by atoms with E-state index in [-0.39, 0.29) is 18.3 Å². The van der Waals surface area contributed by atoms with Crippen molar-refractivity contribution in [2.45, 2.75) is 19.9 Å². The van der Waals surface area contributed by atoms with Crippen molar-refractivity contribution >= 4 is 17.5 Å². The van der Waals surface area contributed by atoms with Crippen LogP contribution in [-0.4, -0.2) is 48.5 Å². The van der Waals surface area contributed by atoms with Gasteiger partial charge in [-0.1, -0.05) is 29.8 Å². The highest BCUT2D eigenvalue weighted by Crippen LogP contribution is 2.22. The molecule has 27 heavy (non-hydrogen) atoms. The minimum atomic E-state index is -0.179. The van der Waals surface area contributed by atoms with Gasteiger partial charge in [0.15, 0.2) is 6.61 Å². The average Bonchev–Trinajstić information content (AvgIpc) is 2.88. The molecule has 0 saturated carbocycles. The predicted octanol–water partition coefficient (Wildman–Crippen LogP) is 3.90. The molecule has 2 aromatic rings. The van der Waals surface area contributed by atoms with Gasteiger partial charge in [-0.15, -0.1) is 0 Å². The van der Waals surface area contributed by atoms with Crippen LogP contribution in [0.25, 0.3) is 0 Å². The second kappa shape index (κ2) is 9.20. The van der Waals surface area contributed by atoms with E-state index in [1.54, 1.807) is 18.2 Å². The molecule has 0 aliphatic carbocycles. The van der Waals surface area contributed by atoms with Crippen molar-refractivity contribution in [1.29, 1.82) is 0 Å². The normalized spacial score (nSPS) is 15.4. The van der Waals surface area contributed by atoms with Crippen LogP contribution in [0.15, 0.2) is 42.5 Å². The number of amides is 1. The molecule has 1 aliphatic rings. The van der Waals surface area contributed by atoms with Gasteiger partial charge >= 0.3 is 0 Å². The summed E-state index contributed by atoms with van der Waals surface area (Å²) in [5, 5.41) is 0.647. The van der Waals surface area contributed by atoms with Gasteiger partial charge in [-0.05, 0) is 43.2 Å². The zero-order valence-corrected chi connectivity index (χ0v) is 16.2. The summed E-state index contributed by atoms with van der Waals surface area (Å²) < 4.78 is 19.5. The van der Waals surface area contributed by atoms with Gasteiger partial charge in [0.1, 0.15) is 11.6 Å². The number of aryl methyl sites for hydroxylation is 1. The maximum absolute atomic E-state index is 13.9. The van der Waals surface area contributed by atoms with Crippen LogP contribution in [-0.2, 0) is 11.3 Å². The van der Waals surface area contributed by atoms with Gasteiger partial charge in [-0.3, -0.25) is 9.69 Å². The van der Waals surface area contributed by atoms with Gasteiger partial charge in [0.25, 0.3) is 5.91 Å². The number of halogens is 2. The van der Waals surface area contributed by atoms with E-state index in [0.29, 0.717) is 36.0 Å². The number of hydrogen-bond donors (Lipinski definition) is 0. The van der Waals surface area contributed by atoms with Crippen molar-refractivity contribution in [3.63, 3.8) is 0 Å². The Morgan fingerprint density at radius 3 is 2.74 bits per heavy atom. The maximum atomic E-state index is 13.9. The highest BCUT2D eigenvalue weighted by molar-refractivity contribution is 6.30. The van der Waals surface area contributed by atoms with Crippen LogP contribution < -0.4 is 4.74 Å². The van der Waals surface area contributed by atoms with Crippen LogP contribution in [0, 0.1) is 12.7 Å². The molecule has 1 saturated heterocycles. The quantitative estimate of drug-likeness (QED) is 0.776. The minimum absolute atomic E-state index is 0.00971. The number of nitrogens with zero attached hydrogens (tertiary/aromatic N) is 2. The summed E-state index contributed by atoms with van der Waals surface area (Å²) in [6.45, 7) is 5.35. The fraction of sp³-hybridized carbons (Fsp3) is 0.381. The molecular weight excluding hydrogens is 367 g/mol. The molecule has 1 amide bonds. The molecule has 0 spiro atoms. The SMILES string of the molecule is Cc1cc(Cl)ccc1OCC(=O)N1CCCN(Cc2ccccc2F)CC1. The van der Waals surface area contributed by atoms with Gasteiger partial charge in [-0.2, -0.15) is 0 Å². The molecule has 1 fully saturated rings. The average molecular weight is 391 g/mol. The number of benzene rings is 2. The number of carbonyl (C=O) groups excluding carboxylic acids is 1. The van der Waals surface area contributed by atoms with Crippen molar-refractivity contribution in [1.82, 2.24) is 9.80 Å². The second-order valence-corrected chi connectivity index (χ2v) is 7.24. The van der Waals surface area contributed by atoms with E-state index in [1.165, 1.54) is 6.07 Å². The van der Waals surface area contributed by atoms with Crippen LogP contribution >= 0.6 is 11.6 Å². The minimum Gasteiger partial charge on any atom is -0.483 e. The van der Waals surface area contributed by atoms with Crippen LogP contribution in [0.5, 0.6) is 5.75 Å². The summed E-state index contributed by atoms with van der Waals surface area (Å²) in [5.74, 6) is 0.460. The Hall–Kier alpha value is -2.11. The summed E-state index contributed by atoms with van der Waals surface area (Å²) in [7, 11) is 0. The van der Waals surface area contributed by atoms with Crippen molar-refractivity contribution in [2.24, 2.45) is 0 Å². The zero-order valence-electron chi connectivity index (χ0n) is 15.5. The first kappa shape index (κ1) is 19.6. The third kappa shape index (κ3) is 5.44. The predicted molar refractivity (Wildman–Crippen MR) is 105 cm³/mol. The molecule has 0 unspecified atom stereocenters. The maximum Gasteiger partial charge on any atom is 0.260 e. The van der Waals surface area contributed by atoms with E-state index in [0.717, 1.165) is 25.1 Å². The van der Waals surface area contributed by atoms with E-state index in [1.807, 2.05) is 30.0 Å². The highest BCUT2D eigenvalue weighted by atomic mass is 35.5. The second-order valence-electron chi connectivity index (χ2n) is 6.80. The zero-order chi connectivity index (χ0) is 19.2. The monoisotopic (exact) mass is 390 g/mol. The first-order valence-corrected chi connectivity index (χ1v) is 9.53.